The predicted octanol–water partition coefficient (Wildman–Crippen LogP) is 5.03. The molecular formula is C35H35Cl2N3O9. The van der Waals surface area contributed by atoms with Gasteiger partial charge in [0, 0.05) is 6.42 Å². The molecular weight excluding hydrogens is 677 g/mol. The number of ether oxygens (including phenoxy) is 2. The van der Waals surface area contributed by atoms with Gasteiger partial charge in [-0.3, -0.25) is 24.7 Å². The van der Waals surface area contributed by atoms with Gasteiger partial charge in [0.15, 0.2) is 18.0 Å². The minimum atomic E-state index is -1.79. The van der Waals surface area contributed by atoms with Gasteiger partial charge >= 0.3 is 18.0 Å². The standard InChI is InChI=1S/C35H35Cl2N3O9/c1-21(2)31(39-34(46)48-19-23-12-7-4-8-13-23)27-18-35(49-40-27,17-22-10-5-3-6-11-22)33(45)38-26(16-29(42)43)28(41)20-47-32(44)30-24(36)14-9-15-25(30)37/h3-15,18,21,26,31,40H,16-17,19-20H2,1-2H3,(H,38,45)(H,39,46)(H,42,43)/t26-,31-,35?/m0/s1. The lowest BCUT2D eigenvalue weighted by Crippen LogP contribution is -2.54. The van der Waals surface area contributed by atoms with E-state index >= 15 is 0 Å². The van der Waals surface area contributed by atoms with Crippen LogP contribution in [-0.4, -0.2) is 59.1 Å². The Morgan fingerprint density at radius 1 is 0.857 bits per heavy atom. The number of carbonyl (C=O) groups excluding carboxylic acids is 4. The zero-order valence-corrected chi connectivity index (χ0v) is 28.1. The Morgan fingerprint density at radius 2 is 1.47 bits per heavy atom. The van der Waals surface area contributed by atoms with Gasteiger partial charge in [-0.2, -0.15) is 0 Å². The van der Waals surface area contributed by atoms with E-state index in [2.05, 4.69) is 16.1 Å². The van der Waals surface area contributed by atoms with Crippen LogP contribution >= 0.6 is 23.2 Å². The smallest absolute Gasteiger partial charge is 0.408 e. The lowest BCUT2D eigenvalue weighted by atomic mass is 9.90. The molecule has 2 amide bonds. The van der Waals surface area contributed by atoms with Crippen LogP contribution in [0.2, 0.25) is 10.0 Å². The molecule has 0 radical (unpaired) electrons. The number of rotatable bonds is 15. The molecule has 258 valence electrons. The number of benzene rings is 3. The van der Waals surface area contributed by atoms with E-state index in [0.717, 1.165) is 5.56 Å². The number of nitrogens with one attached hydrogen (secondary N) is 3. The van der Waals surface area contributed by atoms with Crippen LogP contribution in [0.3, 0.4) is 0 Å². The highest BCUT2D eigenvalue weighted by molar-refractivity contribution is 6.39. The molecule has 14 heteroatoms. The minimum absolute atomic E-state index is 0.00434. The molecule has 4 N–H and O–H groups in total. The first kappa shape index (κ1) is 36.9. The van der Waals surface area contributed by atoms with Crippen molar-refractivity contribution in [2.75, 3.05) is 6.61 Å². The quantitative estimate of drug-likeness (QED) is 0.157. The number of amides is 2. The van der Waals surface area contributed by atoms with Crippen LogP contribution in [0.5, 0.6) is 0 Å². The van der Waals surface area contributed by atoms with Crippen molar-refractivity contribution >= 4 is 52.9 Å². The summed E-state index contributed by atoms with van der Waals surface area (Å²) in [5.41, 5.74) is 2.61. The summed E-state index contributed by atoms with van der Waals surface area (Å²) in [6, 6.07) is 20.0. The number of alkyl carbamates (subject to hydrolysis) is 1. The van der Waals surface area contributed by atoms with E-state index in [-0.39, 0.29) is 34.6 Å². The van der Waals surface area contributed by atoms with Crippen LogP contribution < -0.4 is 16.1 Å². The SMILES string of the molecule is CC(C)[C@H](NC(=O)OCc1ccccc1)C1=CC(Cc2ccccc2)(C(=O)N[C@@H](CC(=O)O)C(=O)COC(=O)c2c(Cl)cccc2Cl)ON1. The van der Waals surface area contributed by atoms with Gasteiger partial charge in [0.2, 0.25) is 0 Å². The number of hydrogen-bond donors (Lipinski definition) is 4. The molecule has 0 saturated carbocycles. The number of ketones is 1. The van der Waals surface area contributed by atoms with Gasteiger partial charge < -0.3 is 25.2 Å². The first-order chi connectivity index (χ1) is 23.4. The first-order valence-electron chi connectivity index (χ1n) is 15.2. The summed E-state index contributed by atoms with van der Waals surface area (Å²) in [5, 5.41) is 14.8. The van der Waals surface area contributed by atoms with Crippen LogP contribution in [0.4, 0.5) is 4.79 Å². The van der Waals surface area contributed by atoms with Crippen molar-refractivity contribution in [3.05, 3.63) is 117 Å². The number of hydrogen-bond acceptors (Lipinski definition) is 9. The van der Waals surface area contributed by atoms with Crippen molar-refractivity contribution in [3.8, 4) is 0 Å². The molecule has 0 spiro atoms. The van der Waals surface area contributed by atoms with Crippen molar-refractivity contribution in [1.82, 2.24) is 16.1 Å². The molecule has 4 rings (SSSR count). The van der Waals surface area contributed by atoms with Gasteiger partial charge in [0.25, 0.3) is 5.91 Å². The van der Waals surface area contributed by atoms with Crippen molar-refractivity contribution in [2.45, 2.75) is 51.0 Å². The Morgan fingerprint density at radius 3 is 2.06 bits per heavy atom. The molecule has 3 aromatic carbocycles. The van der Waals surface area contributed by atoms with Crippen LogP contribution in [-0.2, 0) is 41.7 Å². The van der Waals surface area contributed by atoms with E-state index in [9.17, 15) is 29.1 Å². The number of hydroxylamine groups is 1. The largest absolute Gasteiger partial charge is 0.481 e. The van der Waals surface area contributed by atoms with Gasteiger partial charge in [-0.05, 0) is 35.3 Å². The Labute approximate surface area is 292 Å². The molecule has 0 aliphatic carbocycles. The lowest BCUT2D eigenvalue weighted by molar-refractivity contribution is -0.148. The molecule has 1 aliphatic heterocycles. The summed E-state index contributed by atoms with van der Waals surface area (Å²) in [5.74, 6) is -4.36. The van der Waals surface area contributed by atoms with E-state index < -0.39 is 60.4 Å². The predicted molar refractivity (Wildman–Crippen MR) is 180 cm³/mol. The first-order valence-corrected chi connectivity index (χ1v) is 16.0. The second kappa shape index (κ2) is 17.0. The Balaban J connectivity index is 1.54. The summed E-state index contributed by atoms with van der Waals surface area (Å²) >= 11 is 12.1. The minimum Gasteiger partial charge on any atom is -0.481 e. The third kappa shape index (κ3) is 10.0. The highest BCUT2D eigenvalue weighted by Crippen LogP contribution is 2.29. The van der Waals surface area contributed by atoms with E-state index in [1.54, 1.807) is 30.3 Å². The average Bonchev–Trinajstić information content (AvgIpc) is 3.50. The molecule has 1 unspecified atom stereocenters. The Hall–Kier alpha value is -4.91. The maximum absolute atomic E-state index is 14.0. The van der Waals surface area contributed by atoms with E-state index in [0.29, 0.717) is 11.3 Å². The number of esters is 1. The highest BCUT2D eigenvalue weighted by atomic mass is 35.5. The van der Waals surface area contributed by atoms with Crippen LogP contribution in [0, 0.1) is 5.92 Å². The summed E-state index contributed by atoms with van der Waals surface area (Å²) in [7, 11) is 0. The molecule has 3 atom stereocenters. The fourth-order valence-electron chi connectivity index (χ4n) is 4.99. The fourth-order valence-corrected chi connectivity index (χ4v) is 5.54. The van der Waals surface area contributed by atoms with Crippen LogP contribution in [0.1, 0.15) is 41.8 Å². The monoisotopic (exact) mass is 711 g/mol. The Bertz CT molecular complexity index is 1680. The van der Waals surface area contributed by atoms with E-state index in [4.69, 9.17) is 37.5 Å². The topological polar surface area (TPSA) is 169 Å². The zero-order chi connectivity index (χ0) is 35.6. The van der Waals surface area contributed by atoms with Crippen LogP contribution in [0.15, 0.2) is 90.6 Å². The second-order valence-electron chi connectivity index (χ2n) is 11.5. The lowest BCUT2D eigenvalue weighted by Gasteiger charge is -2.27. The summed E-state index contributed by atoms with van der Waals surface area (Å²) < 4.78 is 10.5. The van der Waals surface area contributed by atoms with Crippen molar-refractivity contribution in [3.63, 3.8) is 0 Å². The number of carbonyl (C=O) groups is 5. The number of carboxylic acid groups (broad SMARTS) is 1. The Kier molecular flexibility index (Phi) is 12.8. The number of halogens is 2. The van der Waals surface area contributed by atoms with Gasteiger partial charge in [0.1, 0.15) is 12.6 Å². The molecule has 1 aliphatic rings. The average molecular weight is 713 g/mol. The normalized spacial score (nSPS) is 16.5. The fraction of sp³-hybridized carbons (Fsp3) is 0.286. The summed E-state index contributed by atoms with van der Waals surface area (Å²) in [6.45, 7) is 2.86. The maximum Gasteiger partial charge on any atom is 0.408 e. The molecule has 1 heterocycles. The third-order valence-corrected chi connectivity index (χ3v) is 8.14. The summed E-state index contributed by atoms with van der Waals surface area (Å²) in [6.07, 6.45) is -0.0637. The molecule has 12 nitrogen and oxygen atoms in total. The highest BCUT2D eigenvalue weighted by Gasteiger charge is 2.46. The maximum atomic E-state index is 14.0. The molecule has 0 saturated heterocycles. The van der Waals surface area contributed by atoms with Gasteiger partial charge in [-0.25, -0.2) is 9.59 Å². The van der Waals surface area contributed by atoms with Crippen molar-refractivity contribution < 1.29 is 43.4 Å². The zero-order valence-electron chi connectivity index (χ0n) is 26.6. The second-order valence-corrected chi connectivity index (χ2v) is 12.4. The number of carboxylic acids is 1. The van der Waals surface area contributed by atoms with Crippen LogP contribution in [0.25, 0.3) is 0 Å². The van der Waals surface area contributed by atoms with E-state index in [1.165, 1.54) is 24.3 Å². The molecule has 49 heavy (non-hydrogen) atoms. The van der Waals surface area contributed by atoms with Gasteiger partial charge in [-0.1, -0.05) is 104 Å². The number of Topliss-reactive ketones (excluding diaryl/α,β-unsaturated/α-hetero) is 1. The summed E-state index contributed by atoms with van der Waals surface area (Å²) in [4.78, 5) is 70.3. The van der Waals surface area contributed by atoms with Crippen molar-refractivity contribution in [1.29, 1.82) is 0 Å². The molecule has 0 fully saturated rings. The van der Waals surface area contributed by atoms with Gasteiger partial charge in [-0.15, -0.1) is 0 Å². The van der Waals surface area contributed by atoms with Crippen molar-refractivity contribution in [2.24, 2.45) is 5.92 Å². The van der Waals surface area contributed by atoms with Gasteiger partial charge in [0.05, 0.1) is 33.8 Å². The third-order valence-electron chi connectivity index (χ3n) is 7.51. The molecule has 0 bridgehead atoms. The molecule has 0 aromatic heterocycles. The number of aliphatic carboxylic acids is 1. The molecule has 3 aromatic rings. The van der Waals surface area contributed by atoms with E-state index in [1.807, 2.05) is 44.2 Å².